The number of rotatable bonds is 4. The summed E-state index contributed by atoms with van der Waals surface area (Å²) in [4.78, 5) is 12.8. The Hall–Kier alpha value is -2.37. The lowest BCUT2D eigenvalue weighted by molar-refractivity contribution is -0.150. The molecule has 2 aromatic carbocycles. The fourth-order valence-electron chi connectivity index (χ4n) is 5.20. The highest BCUT2D eigenvalue weighted by Gasteiger charge is 2.50. The Morgan fingerprint density at radius 1 is 0.710 bits per heavy atom. The number of nitrogens with one attached hydrogen (secondary N) is 2. The second-order valence-corrected chi connectivity index (χ2v) is 9.80. The number of benzene rings is 2. The predicted octanol–water partition coefficient (Wildman–Crippen LogP) is 4.28. The lowest BCUT2D eigenvalue weighted by Gasteiger charge is -2.26. The molecule has 2 fully saturated rings. The minimum atomic E-state index is -0.694. The average Bonchev–Trinajstić information content (AvgIpc) is 2.89. The van der Waals surface area contributed by atoms with Gasteiger partial charge in [0.1, 0.15) is 12.2 Å². The second-order valence-electron chi connectivity index (χ2n) is 9.80. The van der Waals surface area contributed by atoms with Crippen LogP contribution in [0.4, 0.5) is 4.79 Å². The van der Waals surface area contributed by atoms with Gasteiger partial charge in [-0.15, -0.1) is 0 Å². The van der Waals surface area contributed by atoms with Crippen molar-refractivity contribution in [3.8, 4) is 0 Å². The minimum Gasteiger partial charge on any atom is -0.342 e. The van der Waals surface area contributed by atoms with Crippen LogP contribution in [0.5, 0.6) is 0 Å². The van der Waals surface area contributed by atoms with E-state index in [1.807, 2.05) is 13.8 Å². The standard InChI is InChI=1S/C26H34N2O3/c1-15-7-16(2)10-19(9-15)13-21-23-24(31-26(5,6)30-23)22(28-25(29)27-21)14-20-11-17(3)8-18(4)12-20/h7-12,21-24H,13-14H2,1-6H3,(H2,27,28,29)/t21-,22-,23+,24+/m1/s1. The maximum Gasteiger partial charge on any atom is 0.315 e. The Labute approximate surface area is 185 Å². The second kappa shape index (κ2) is 8.29. The van der Waals surface area contributed by atoms with E-state index in [9.17, 15) is 4.79 Å². The molecule has 166 valence electrons. The summed E-state index contributed by atoms with van der Waals surface area (Å²) in [7, 11) is 0. The van der Waals surface area contributed by atoms with Crippen LogP contribution >= 0.6 is 0 Å². The van der Waals surface area contributed by atoms with Gasteiger partial charge in [0.15, 0.2) is 5.79 Å². The summed E-state index contributed by atoms with van der Waals surface area (Å²) in [6.07, 6.45) is 0.941. The fraction of sp³-hybridized carbons (Fsp3) is 0.500. The fourth-order valence-corrected chi connectivity index (χ4v) is 5.20. The molecule has 0 aromatic heterocycles. The van der Waals surface area contributed by atoms with Crippen LogP contribution < -0.4 is 10.6 Å². The summed E-state index contributed by atoms with van der Waals surface area (Å²) in [6.45, 7) is 12.3. The smallest absolute Gasteiger partial charge is 0.315 e. The number of hydrogen-bond donors (Lipinski definition) is 2. The topological polar surface area (TPSA) is 59.6 Å². The Bertz CT molecular complexity index is 869. The number of urea groups is 1. The molecule has 0 radical (unpaired) electrons. The van der Waals surface area contributed by atoms with Gasteiger partial charge in [-0.25, -0.2) is 4.79 Å². The van der Waals surface area contributed by atoms with Crippen LogP contribution in [0.1, 0.15) is 47.2 Å². The summed E-state index contributed by atoms with van der Waals surface area (Å²) >= 11 is 0. The molecule has 0 unspecified atom stereocenters. The molecule has 2 aliphatic heterocycles. The highest BCUT2D eigenvalue weighted by Crippen LogP contribution is 2.35. The molecule has 0 aliphatic carbocycles. The summed E-state index contributed by atoms with van der Waals surface area (Å²) in [5.74, 6) is -0.694. The van der Waals surface area contributed by atoms with Crippen LogP contribution in [0, 0.1) is 27.7 Å². The zero-order valence-electron chi connectivity index (χ0n) is 19.4. The van der Waals surface area contributed by atoms with Gasteiger partial charge in [-0.2, -0.15) is 0 Å². The first-order valence-corrected chi connectivity index (χ1v) is 11.1. The lowest BCUT2D eigenvalue weighted by Crippen LogP contribution is -2.47. The molecule has 2 aliphatic rings. The maximum absolute atomic E-state index is 12.8. The maximum atomic E-state index is 12.8. The van der Waals surface area contributed by atoms with Gasteiger partial charge in [-0.3, -0.25) is 0 Å². The lowest BCUT2D eigenvalue weighted by atomic mass is 9.91. The molecule has 2 saturated heterocycles. The number of aryl methyl sites for hydroxylation is 4. The Kier molecular flexibility index (Phi) is 5.84. The molecule has 0 saturated carbocycles. The first kappa shape index (κ1) is 21.8. The van der Waals surface area contributed by atoms with Crippen molar-refractivity contribution in [1.29, 1.82) is 0 Å². The number of hydrogen-bond acceptors (Lipinski definition) is 3. The van der Waals surface area contributed by atoms with Crippen molar-refractivity contribution >= 4 is 6.03 Å². The molecular formula is C26H34N2O3. The summed E-state index contributed by atoms with van der Waals surface area (Å²) in [5, 5.41) is 6.32. The number of carbonyl (C=O) groups excluding carboxylic acids is 1. The molecule has 2 heterocycles. The highest BCUT2D eigenvalue weighted by molar-refractivity contribution is 5.75. The third-order valence-electron chi connectivity index (χ3n) is 6.06. The molecular weight excluding hydrogens is 388 g/mol. The van der Waals surface area contributed by atoms with Gasteiger partial charge in [0, 0.05) is 0 Å². The SMILES string of the molecule is Cc1cc(C)cc(C[C@H]2NC(=O)N[C@H](Cc3cc(C)cc(C)c3)[C@@H]3OC(C)(C)O[C@H]32)c1. The van der Waals surface area contributed by atoms with Crippen molar-refractivity contribution in [2.45, 2.75) is 84.5 Å². The van der Waals surface area contributed by atoms with E-state index < -0.39 is 5.79 Å². The quantitative estimate of drug-likeness (QED) is 0.773. The van der Waals surface area contributed by atoms with E-state index in [1.165, 1.54) is 33.4 Å². The van der Waals surface area contributed by atoms with Crippen LogP contribution in [0.15, 0.2) is 36.4 Å². The van der Waals surface area contributed by atoms with E-state index in [0.717, 1.165) is 0 Å². The van der Waals surface area contributed by atoms with Crippen molar-refractivity contribution < 1.29 is 14.3 Å². The van der Waals surface area contributed by atoms with E-state index in [2.05, 4.69) is 74.7 Å². The monoisotopic (exact) mass is 422 g/mol. The molecule has 2 N–H and O–H groups in total. The first-order valence-electron chi connectivity index (χ1n) is 11.1. The van der Waals surface area contributed by atoms with Crippen molar-refractivity contribution in [1.82, 2.24) is 10.6 Å². The summed E-state index contributed by atoms with van der Waals surface area (Å²) in [6, 6.07) is 12.6. The molecule has 2 aromatic rings. The largest absolute Gasteiger partial charge is 0.342 e. The van der Waals surface area contributed by atoms with Crippen molar-refractivity contribution in [3.05, 3.63) is 69.8 Å². The van der Waals surface area contributed by atoms with Crippen LogP contribution in [0.25, 0.3) is 0 Å². The van der Waals surface area contributed by atoms with Crippen LogP contribution in [0.3, 0.4) is 0 Å². The van der Waals surface area contributed by atoms with E-state index >= 15 is 0 Å². The molecule has 2 amide bonds. The number of fused-ring (bicyclic) bond motifs is 1. The molecule has 0 spiro atoms. The summed E-state index contributed by atoms with van der Waals surface area (Å²) < 4.78 is 12.7. The Morgan fingerprint density at radius 2 is 1.06 bits per heavy atom. The van der Waals surface area contributed by atoms with Crippen LogP contribution in [0.2, 0.25) is 0 Å². The van der Waals surface area contributed by atoms with E-state index in [4.69, 9.17) is 9.47 Å². The zero-order valence-corrected chi connectivity index (χ0v) is 19.4. The van der Waals surface area contributed by atoms with Gasteiger partial charge in [0.05, 0.1) is 12.1 Å². The average molecular weight is 423 g/mol. The van der Waals surface area contributed by atoms with E-state index in [0.29, 0.717) is 12.8 Å². The normalized spacial score (nSPS) is 27.2. The third kappa shape index (κ3) is 5.10. The minimum absolute atomic E-state index is 0.164. The zero-order chi connectivity index (χ0) is 22.3. The molecule has 0 bridgehead atoms. The van der Waals surface area contributed by atoms with E-state index in [-0.39, 0.29) is 30.3 Å². The van der Waals surface area contributed by atoms with Gasteiger partial charge < -0.3 is 20.1 Å². The van der Waals surface area contributed by atoms with Crippen LogP contribution in [-0.2, 0) is 22.3 Å². The van der Waals surface area contributed by atoms with E-state index in [1.54, 1.807) is 0 Å². The number of carbonyl (C=O) groups is 1. The first-order chi connectivity index (χ1) is 14.6. The third-order valence-corrected chi connectivity index (χ3v) is 6.06. The van der Waals surface area contributed by atoms with Crippen molar-refractivity contribution in [2.24, 2.45) is 0 Å². The Balaban J connectivity index is 1.62. The predicted molar refractivity (Wildman–Crippen MR) is 122 cm³/mol. The highest BCUT2D eigenvalue weighted by atomic mass is 16.8. The number of amides is 2. The van der Waals surface area contributed by atoms with Gasteiger partial charge >= 0.3 is 6.03 Å². The Morgan fingerprint density at radius 3 is 1.42 bits per heavy atom. The molecule has 4 rings (SSSR count). The van der Waals surface area contributed by atoms with Gasteiger partial charge in [-0.1, -0.05) is 58.7 Å². The van der Waals surface area contributed by atoms with Crippen LogP contribution in [-0.4, -0.2) is 36.1 Å². The van der Waals surface area contributed by atoms with Crippen molar-refractivity contribution in [3.63, 3.8) is 0 Å². The van der Waals surface area contributed by atoms with Gasteiger partial charge in [0.25, 0.3) is 0 Å². The summed E-state index contributed by atoms with van der Waals surface area (Å²) in [5.41, 5.74) is 7.29. The molecule has 5 heteroatoms. The molecule has 4 atom stereocenters. The number of ether oxygens (including phenoxy) is 2. The van der Waals surface area contributed by atoms with Gasteiger partial charge in [0.2, 0.25) is 0 Å². The van der Waals surface area contributed by atoms with Gasteiger partial charge in [-0.05, 0) is 65.5 Å². The molecule has 5 nitrogen and oxygen atoms in total. The molecule has 31 heavy (non-hydrogen) atoms. The van der Waals surface area contributed by atoms with Crippen molar-refractivity contribution in [2.75, 3.05) is 0 Å².